The molecule has 0 radical (unpaired) electrons. The van der Waals surface area contributed by atoms with Gasteiger partial charge in [-0.1, -0.05) is 25.6 Å². The zero-order valence-electron chi connectivity index (χ0n) is 15.2. The number of aromatic amines is 1. The van der Waals surface area contributed by atoms with Gasteiger partial charge in [0.1, 0.15) is 0 Å². The highest BCUT2D eigenvalue weighted by Crippen LogP contribution is 2.41. The molecule has 3 rings (SSSR count). The van der Waals surface area contributed by atoms with Crippen LogP contribution < -0.4 is 5.56 Å². The predicted molar refractivity (Wildman–Crippen MR) is 102 cm³/mol. The molecule has 0 saturated heterocycles. The van der Waals surface area contributed by atoms with Crippen LogP contribution in [-0.4, -0.2) is 4.98 Å². The molecule has 1 heterocycles. The largest absolute Gasteiger partial charge is 0.326 e. The fourth-order valence-electron chi connectivity index (χ4n) is 3.15. The molecule has 0 aliphatic heterocycles. The van der Waals surface area contributed by atoms with Gasteiger partial charge in [0.05, 0.1) is 23.3 Å². The molecule has 0 bridgehead atoms. The number of nitrogens with one attached hydrogen (secondary N) is 1. The van der Waals surface area contributed by atoms with Crippen molar-refractivity contribution in [2.45, 2.75) is 55.7 Å². The molecule has 0 atom stereocenters. The summed E-state index contributed by atoms with van der Waals surface area (Å²) < 4.78 is 0. The monoisotopic (exact) mass is 363 g/mol. The molecule has 5 heteroatoms. The van der Waals surface area contributed by atoms with Gasteiger partial charge in [-0.05, 0) is 61.8 Å². The summed E-state index contributed by atoms with van der Waals surface area (Å²) in [5.41, 5.74) is 3.78. The van der Waals surface area contributed by atoms with E-state index in [-0.39, 0.29) is 11.5 Å². The Balaban J connectivity index is 2.15. The second-order valence-electron chi connectivity index (χ2n) is 7.17. The van der Waals surface area contributed by atoms with Gasteiger partial charge in [0.2, 0.25) is 0 Å². The van der Waals surface area contributed by atoms with E-state index in [0.717, 1.165) is 27.5 Å². The van der Waals surface area contributed by atoms with Crippen LogP contribution in [0.2, 0.25) is 0 Å². The van der Waals surface area contributed by atoms with Gasteiger partial charge in [0, 0.05) is 21.0 Å². The van der Waals surface area contributed by atoms with Crippen molar-refractivity contribution in [1.82, 2.24) is 4.98 Å². The van der Waals surface area contributed by atoms with Crippen LogP contribution in [0.15, 0.2) is 32.8 Å². The Hall–Kier alpha value is -2.50. The molecule has 4 nitrogen and oxygen atoms in total. The zero-order chi connectivity index (χ0) is 18.8. The molecule has 1 N–H and O–H groups in total. The molecule has 26 heavy (non-hydrogen) atoms. The Morgan fingerprint density at radius 3 is 2.31 bits per heavy atom. The topological polar surface area (TPSA) is 80.4 Å². The van der Waals surface area contributed by atoms with E-state index >= 15 is 0 Å². The fourth-order valence-corrected chi connectivity index (χ4v) is 4.56. The Bertz CT molecular complexity index is 956. The molecule has 1 saturated carbocycles. The van der Waals surface area contributed by atoms with Crippen molar-refractivity contribution in [3.05, 3.63) is 56.5 Å². The van der Waals surface area contributed by atoms with Gasteiger partial charge < -0.3 is 4.98 Å². The van der Waals surface area contributed by atoms with Gasteiger partial charge in [0.15, 0.2) is 0 Å². The number of nitrogens with zero attached hydrogens (tertiary/aromatic N) is 2. The maximum absolute atomic E-state index is 12.6. The summed E-state index contributed by atoms with van der Waals surface area (Å²) in [6.45, 7) is 6.01. The molecule has 1 aromatic heterocycles. The first-order valence-electron chi connectivity index (χ1n) is 8.81. The van der Waals surface area contributed by atoms with Gasteiger partial charge in [-0.3, -0.25) is 4.79 Å². The van der Waals surface area contributed by atoms with Crippen molar-refractivity contribution >= 4 is 11.8 Å². The third-order valence-electron chi connectivity index (χ3n) is 4.67. The summed E-state index contributed by atoms with van der Waals surface area (Å²) in [5.74, 6) is 0.786. The van der Waals surface area contributed by atoms with Gasteiger partial charge in [0.25, 0.3) is 5.56 Å². The standard InChI is InChI=1S/C21H21N3OS/c1-12(2)19-20(18(9-14-4-5-14)13(3)24-21(19)25)26-17-7-15(10-22)6-16(8-17)11-23/h6-8,12,14H,4-5,9H2,1-3H3,(H,24,25). The lowest BCUT2D eigenvalue weighted by Gasteiger charge is -2.18. The number of hydrogen-bond acceptors (Lipinski definition) is 4. The molecule has 0 unspecified atom stereocenters. The van der Waals surface area contributed by atoms with Gasteiger partial charge in [-0.15, -0.1) is 0 Å². The average molecular weight is 363 g/mol. The summed E-state index contributed by atoms with van der Waals surface area (Å²) in [6, 6.07) is 9.38. The number of H-pyrrole nitrogens is 1. The number of aryl methyl sites for hydroxylation is 1. The lowest BCUT2D eigenvalue weighted by Crippen LogP contribution is -2.19. The summed E-state index contributed by atoms with van der Waals surface area (Å²) in [6.07, 6.45) is 3.44. The van der Waals surface area contributed by atoms with Crippen LogP contribution in [0.4, 0.5) is 0 Å². The first-order valence-corrected chi connectivity index (χ1v) is 9.63. The van der Waals surface area contributed by atoms with Crippen LogP contribution in [0, 0.1) is 35.5 Å². The highest BCUT2D eigenvalue weighted by atomic mass is 32.2. The summed E-state index contributed by atoms with van der Waals surface area (Å²) in [7, 11) is 0. The molecule has 1 aromatic carbocycles. The molecule has 1 fully saturated rings. The van der Waals surface area contributed by atoms with Crippen molar-refractivity contribution in [3.63, 3.8) is 0 Å². The third-order valence-corrected chi connectivity index (χ3v) is 5.81. The van der Waals surface area contributed by atoms with Crippen molar-refractivity contribution in [2.75, 3.05) is 0 Å². The van der Waals surface area contributed by atoms with Crippen LogP contribution in [0.3, 0.4) is 0 Å². The van der Waals surface area contributed by atoms with E-state index in [9.17, 15) is 15.3 Å². The van der Waals surface area contributed by atoms with Crippen molar-refractivity contribution < 1.29 is 0 Å². The number of aromatic nitrogens is 1. The second-order valence-corrected chi connectivity index (χ2v) is 8.26. The first kappa shape index (κ1) is 18.3. The SMILES string of the molecule is Cc1[nH]c(=O)c(C(C)C)c(Sc2cc(C#N)cc(C#N)c2)c1CC1CC1. The quantitative estimate of drug-likeness (QED) is 0.838. The number of nitriles is 2. The highest BCUT2D eigenvalue weighted by molar-refractivity contribution is 7.99. The number of hydrogen-bond donors (Lipinski definition) is 1. The van der Waals surface area contributed by atoms with Gasteiger partial charge >= 0.3 is 0 Å². The normalized spacial score (nSPS) is 13.5. The number of pyridine rings is 1. The molecule has 1 aliphatic rings. The van der Waals surface area contributed by atoms with Crippen molar-refractivity contribution in [3.8, 4) is 12.1 Å². The summed E-state index contributed by atoms with van der Waals surface area (Å²) in [5, 5.41) is 18.5. The molecule has 2 aromatic rings. The maximum atomic E-state index is 12.6. The minimum absolute atomic E-state index is 0.0449. The lowest BCUT2D eigenvalue weighted by atomic mass is 9.99. The molecule has 1 aliphatic carbocycles. The smallest absolute Gasteiger partial charge is 0.252 e. The van der Waals surface area contributed by atoms with E-state index in [1.165, 1.54) is 30.2 Å². The Morgan fingerprint density at radius 2 is 1.81 bits per heavy atom. The third kappa shape index (κ3) is 3.84. The van der Waals surface area contributed by atoms with Crippen molar-refractivity contribution in [2.24, 2.45) is 5.92 Å². The zero-order valence-corrected chi connectivity index (χ0v) is 16.0. The number of rotatable bonds is 5. The number of benzene rings is 1. The van der Waals surface area contributed by atoms with E-state index in [0.29, 0.717) is 17.0 Å². The molecule has 0 amide bonds. The first-order chi connectivity index (χ1) is 12.4. The Morgan fingerprint density at radius 1 is 1.19 bits per heavy atom. The average Bonchev–Trinajstić information content (AvgIpc) is 3.41. The van der Waals surface area contributed by atoms with Crippen molar-refractivity contribution in [1.29, 1.82) is 10.5 Å². The second kappa shape index (κ2) is 7.40. The lowest BCUT2D eigenvalue weighted by molar-refractivity contribution is 0.755. The minimum atomic E-state index is -0.0449. The van der Waals surface area contributed by atoms with E-state index in [1.807, 2.05) is 20.8 Å². The highest BCUT2D eigenvalue weighted by Gasteiger charge is 2.27. The summed E-state index contributed by atoms with van der Waals surface area (Å²) in [4.78, 5) is 17.5. The van der Waals surface area contributed by atoms with Crippen LogP contribution >= 0.6 is 11.8 Å². The maximum Gasteiger partial charge on any atom is 0.252 e. The Kier molecular flexibility index (Phi) is 5.20. The van der Waals surface area contributed by atoms with E-state index in [2.05, 4.69) is 17.1 Å². The molecule has 0 spiro atoms. The molecule has 132 valence electrons. The minimum Gasteiger partial charge on any atom is -0.326 e. The fraction of sp³-hybridized carbons (Fsp3) is 0.381. The molecular weight excluding hydrogens is 342 g/mol. The van der Waals surface area contributed by atoms with Crippen LogP contribution in [0.1, 0.15) is 60.6 Å². The predicted octanol–water partition coefficient (Wildman–Crippen LogP) is 4.65. The Labute approximate surface area is 157 Å². The van der Waals surface area contributed by atoms with E-state index in [1.54, 1.807) is 18.2 Å². The van der Waals surface area contributed by atoms with Crippen LogP contribution in [0.5, 0.6) is 0 Å². The van der Waals surface area contributed by atoms with Gasteiger partial charge in [-0.25, -0.2) is 0 Å². The van der Waals surface area contributed by atoms with Crippen LogP contribution in [0.25, 0.3) is 0 Å². The van der Waals surface area contributed by atoms with E-state index in [4.69, 9.17) is 0 Å². The summed E-state index contributed by atoms with van der Waals surface area (Å²) >= 11 is 1.50. The van der Waals surface area contributed by atoms with Gasteiger partial charge in [-0.2, -0.15) is 10.5 Å². The molecular formula is C21H21N3OS. The van der Waals surface area contributed by atoms with Crippen LogP contribution in [-0.2, 0) is 6.42 Å². The van der Waals surface area contributed by atoms with E-state index < -0.39 is 0 Å².